The lowest BCUT2D eigenvalue weighted by molar-refractivity contribution is -0.147. The summed E-state index contributed by atoms with van der Waals surface area (Å²) >= 11 is 0. The van der Waals surface area contributed by atoms with Gasteiger partial charge in [0, 0.05) is 32.1 Å². The van der Waals surface area contributed by atoms with Crippen molar-refractivity contribution in [2.45, 2.75) is 77.0 Å². The molecule has 4 aliphatic rings. The molecule has 1 unspecified atom stereocenters. The zero-order valence-corrected chi connectivity index (χ0v) is 15.7. The topological polar surface area (TPSA) is 40.6 Å². The fourth-order valence-electron chi connectivity index (χ4n) is 5.53. The third-order valence-electron chi connectivity index (χ3n) is 7.48. The Kier molecular flexibility index (Phi) is 5.06. The Balaban J connectivity index is 1.34. The van der Waals surface area contributed by atoms with E-state index < -0.39 is 0 Å². The van der Waals surface area contributed by atoms with Crippen molar-refractivity contribution in [2.24, 2.45) is 17.3 Å². The minimum atomic E-state index is -0.246. The molecule has 4 nitrogen and oxygen atoms in total. The molecule has 2 saturated carbocycles. The number of rotatable bonds is 4. The van der Waals surface area contributed by atoms with E-state index in [0.29, 0.717) is 18.4 Å². The standard InChI is InChI=1S/C21H34N2O2/c24-19(18-8-4-9-18)23-15-12-21(16-23)11-5-13-22(20(21)25)14-10-17-6-2-1-3-7-17/h17-18H,1-16H2. The van der Waals surface area contributed by atoms with E-state index in [0.717, 1.165) is 57.7 Å². The van der Waals surface area contributed by atoms with Crippen LogP contribution in [0.1, 0.15) is 77.0 Å². The molecule has 1 atom stereocenters. The number of hydrogen-bond acceptors (Lipinski definition) is 2. The van der Waals surface area contributed by atoms with Gasteiger partial charge in [0.1, 0.15) is 0 Å². The number of carbonyl (C=O) groups is 2. The lowest BCUT2D eigenvalue weighted by atomic mass is 9.77. The van der Waals surface area contributed by atoms with Gasteiger partial charge in [-0.3, -0.25) is 9.59 Å². The summed E-state index contributed by atoms with van der Waals surface area (Å²) in [5.41, 5.74) is -0.246. The van der Waals surface area contributed by atoms with E-state index in [1.807, 2.05) is 4.90 Å². The van der Waals surface area contributed by atoms with E-state index in [1.54, 1.807) is 0 Å². The third-order valence-corrected chi connectivity index (χ3v) is 7.48. The van der Waals surface area contributed by atoms with Gasteiger partial charge in [-0.1, -0.05) is 38.5 Å². The second kappa shape index (κ2) is 7.28. The number of piperidine rings is 1. The zero-order valence-electron chi connectivity index (χ0n) is 15.7. The Morgan fingerprint density at radius 3 is 2.48 bits per heavy atom. The maximum Gasteiger partial charge on any atom is 0.230 e. The maximum atomic E-state index is 13.2. The van der Waals surface area contributed by atoms with Crippen molar-refractivity contribution in [3.8, 4) is 0 Å². The van der Waals surface area contributed by atoms with Crippen LogP contribution < -0.4 is 0 Å². The summed E-state index contributed by atoms with van der Waals surface area (Å²) in [5.74, 6) is 1.78. The van der Waals surface area contributed by atoms with E-state index >= 15 is 0 Å². The van der Waals surface area contributed by atoms with Crippen LogP contribution in [-0.4, -0.2) is 47.8 Å². The van der Waals surface area contributed by atoms with Crippen molar-refractivity contribution in [1.29, 1.82) is 0 Å². The van der Waals surface area contributed by atoms with Gasteiger partial charge in [0.05, 0.1) is 5.41 Å². The number of amides is 2. The molecule has 4 heteroatoms. The quantitative estimate of drug-likeness (QED) is 0.780. The molecular weight excluding hydrogens is 312 g/mol. The number of carbonyl (C=O) groups excluding carboxylic acids is 2. The molecule has 2 aliphatic heterocycles. The Bertz CT molecular complexity index is 510. The van der Waals surface area contributed by atoms with E-state index in [2.05, 4.69) is 4.90 Å². The molecule has 4 rings (SSSR count). The van der Waals surface area contributed by atoms with Gasteiger partial charge in [0.15, 0.2) is 0 Å². The predicted molar refractivity (Wildman–Crippen MR) is 98.0 cm³/mol. The lowest BCUT2D eigenvalue weighted by Gasteiger charge is -2.40. The first-order chi connectivity index (χ1) is 12.2. The summed E-state index contributed by atoms with van der Waals surface area (Å²) in [6, 6.07) is 0. The van der Waals surface area contributed by atoms with Gasteiger partial charge < -0.3 is 9.80 Å². The summed E-state index contributed by atoms with van der Waals surface area (Å²) in [7, 11) is 0. The van der Waals surface area contributed by atoms with Gasteiger partial charge in [0.2, 0.25) is 11.8 Å². The maximum absolute atomic E-state index is 13.2. The Labute approximate surface area is 152 Å². The lowest BCUT2D eigenvalue weighted by Crippen LogP contribution is -2.51. The molecule has 2 heterocycles. The molecule has 2 amide bonds. The summed E-state index contributed by atoms with van der Waals surface area (Å²) in [5, 5.41) is 0. The highest BCUT2D eigenvalue weighted by Gasteiger charge is 2.50. The van der Waals surface area contributed by atoms with E-state index in [4.69, 9.17) is 0 Å². The van der Waals surface area contributed by atoms with Crippen LogP contribution in [0.3, 0.4) is 0 Å². The minimum Gasteiger partial charge on any atom is -0.342 e. The van der Waals surface area contributed by atoms with Crippen LogP contribution in [0.5, 0.6) is 0 Å². The molecule has 0 aromatic carbocycles. The average molecular weight is 347 g/mol. The largest absolute Gasteiger partial charge is 0.342 e. The minimum absolute atomic E-state index is 0.246. The normalized spacial score (nSPS) is 31.6. The molecule has 0 radical (unpaired) electrons. The van der Waals surface area contributed by atoms with E-state index in [1.165, 1.54) is 44.9 Å². The molecule has 0 N–H and O–H groups in total. The van der Waals surface area contributed by atoms with Crippen molar-refractivity contribution in [2.75, 3.05) is 26.2 Å². The fraction of sp³-hybridized carbons (Fsp3) is 0.905. The Morgan fingerprint density at radius 2 is 1.76 bits per heavy atom. The monoisotopic (exact) mass is 346 g/mol. The summed E-state index contributed by atoms with van der Waals surface area (Å²) in [4.78, 5) is 30.0. The second-order valence-corrected chi connectivity index (χ2v) is 9.11. The van der Waals surface area contributed by atoms with Crippen molar-refractivity contribution >= 4 is 11.8 Å². The van der Waals surface area contributed by atoms with Crippen LogP contribution in [0, 0.1) is 17.3 Å². The van der Waals surface area contributed by atoms with Crippen molar-refractivity contribution in [1.82, 2.24) is 9.80 Å². The smallest absolute Gasteiger partial charge is 0.230 e. The summed E-state index contributed by atoms with van der Waals surface area (Å²) in [6.45, 7) is 3.38. The van der Waals surface area contributed by atoms with Gasteiger partial charge in [0.25, 0.3) is 0 Å². The fourth-order valence-corrected chi connectivity index (χ4v) is 5.53. The van der Waals surface area contributed by atoms with Crippen LogP contribution in [0.2, 0.25) is 0 Å². The van der Waals surface area contributed by atoms with Crippen LogP contribution in [0.25, 0.3) is 0 Å². The Morgan fingerprint density at radius 1 is 0.960 bits per heavy atom. The summed E-state index contributed by atoms with van der Waals surface area (Å²) in [6.07, 6.45) is 14.4. The first kappa shape index (κ1) is 17.4. The number of nitrogens with zero attached hydrogens (tertiary/aromatic N) is 2. The van der Waals surface area contributed by atoms with Gasteiger partial charge >= 0.3 is 0 Å². The molecule has 0 aromatic heterocycles. The van der Waals surface area contributed by atoms with Crippen molar-refractivity contribution in [3.05, 3.63) is 0 Å². The molecule has 25 heavy (non-hydrogen) atoms. The first-order valence-electron chi connectivity index (χ1n) is 10.8. The first-order valence-corrected chi connectivity index (χ1v) is 10.8. The molecule has 2 saturated heterocycles. The van der Waals surface area contributed by atoms with Gasteiger partial charge in [-0.05, 0) is 44.4 Å². The molecule has 4 fully saturated rings. The van der Waals surface area contributed by atoms with Crippen molar-refractivity contribution in [3.63, 3.8) is 0 Å². The second-order valence-electron chi connectivity index (χ2n) is 9.11. The zero-order chi connectivity index (χ0) is 17.3. The SMILES string of the molecule is O=C(C1CCC1)N1CCC2(CCCN(CCC3CCCCC3)C2=O)C1. The number of hydrogen-bond donors (Lipinski definition) is 0. The van der Waals surface area contributed by atoms with Crippen LogP contribution in [-0.2, 0) is 9.59 Å². The highest BCUT2D eigenvalue weighted by Crippen LogP contribution is 2.42. The van der Waals surface area contributed by atoms with Crippen LogP contribution >= 0.6 is 0 Å². The van der Waals surface area contributed by atoms with Crippen LogP contribution in [0.4, 0.5) is 0 Å². The third kappa shape index (κ3) is 3.46. The number of likely N-dealkylation sites (tertiary alicyclic amines) is 2. The van der Waals surface area contributed by atoms with Gasteiger partial charge in [-0.25, -0.2) is 0 Å². The summed E-state index contributed by atoms with van der Waals surface area (Å²) < 4.78 is 0. The highest BCUT2D eigenvalue weighted by molar-refractivity contribution is 5.86. The molecule has 0 aromatic rings. The van der Waals surface area contributed by atoms with E-state index in [-0.39, 0.29) is 11.3 Å². The van der Waals surface area contributed by atoms with E-state index in [9.17, 15) is 9.59 Å². The molecule has 0 bridgehead atoms. The van der Waals surface area contributed by atoms with Gasteiger partial charge in [-0.2, -0.15) is 0 Å². The van der Waals surface area contributed by atoms with Gasteiger partial charge in [-0.15, -0.1) is 0 Å². The molecule has 1 spiro atoms. The Hall–Kier alpha value is -1.06. The average Bonchev–Trinajstić information content (AvgIpc) is 3.01. The molecule has 140 valence electrons. The highest BCUT2D eigenvalue weighted by atomic mass is 16.2. The van der Waals surface area contributed by atoms with Crippen LogP contribution in [0.15, 0.2) is 0 Å². The van der Waals surface area contributed by atoms with Crippen molar-refractivity contribution < 1.29 is 9.59 Å². The predicted octanol–water partition coefficient (Wildman–Crippen LogP) is 3.60. The molecular formula is C21H34N2O2. The molecule has 2 aliphatic carbocycles.